The Morgan fingerprint density at radius 2 is 1.68 bits per heavy atom. The molecule has 0 N–H and O–H groups in total. The first kappa shape index (κ1) is 26.0. The van der Waals surface area contributed by atoms with E-state index in [0.717, 1.165) is 40.7 Å². The van der Waals surface area contributed by atoms with Crippen molar-refractivity contribution >= 4 is 68.5 Å². The second-order valence-corrected chi connectivity index (χ2v) is 10.00. The number of thioether (sulfide) groups is 2. The van der Waals surface area contributed by atoms with E-state index in [1.54, 1.807) is 34.9 Å². The molecule has 0 aliphatic rings. The summed E-state index contributed by atoms with van der Waals surface area (Å²) in [4.78, 5) is 24.9. The van der Waals surface area contributed by atoms with Gasteiger partial charge in [0.15, 0.2) is 5.13 Å². The first-order valence-electron chi connectivity index (χ1n) is 10.3. The van der Waals surface area contributed by atoms with Gasteiger partial charge in [-0.25, -0.2) is 4.98 Å². The Morgan fingerprint density at radius 3 is 2.29 bits per heavy atom. The highest BCUT2D eigenvalue weighted by Gasteiger charge is 2.22. The van der Waals surface area contributed by atoms with Crippen LogP contribution in [0.2, 0.25) is 0 Å². The fourth-order valence-electron chi connectivity index (χ4n) is 3.22. The zero-order chi connectivity index (χ0) is 21.5. The summed E-state index contributed by atoms with van der Waals surface area (Å²) in [6.45, 7) is 9.84. The lowest BCUT2D eigenvalue weighted by Gasteiger charge is -2.24. The zero-order valence-electron chi connectivity index (χ0n) is 18.5. The summed E-state index contributed by atoms with van der Waals surface area (Å²) in [6, 6.07) is 14.2. The number of halogens is 1. The molecule has 31 heavy (non-hydrogen) atoms. The number of aromatic nitrogens is 1. The minimum Gasteiger partial charge on any atom is -0.302 e. The van der Waals surface area contributed by atoms with E-state index in [2.05, 4.69) is 44.1 Å². The molecule has 1 amide bonds. The van der Waals surface area contributed by atoms with Crippen molar-refractivity contribution in [2.45, 2.75) is 30.6 Å². The monoisotopic (exact) mass is 495 g/mol. The van der Waals surface area contributed by atoms with Crippen LogP contribution < -0.4 is 4.90 Å². The maximum absolute atomic E-state index is 13.5. The molecule has 0 radical (unpaired) electrons. The lowest BCUT2D eigenvalue weighted by Crippen LogP contribution is -2.38. The van der Waals surface area contributed by atoms with Crippen LogP contribution in [0.3, 0.4) is 0 Å². The highest BCUT2D eigenvalue weighted by atomic mass is 35.5. The van der Waals surface area contributed by atoms with E-state index in [4.69, 9.17) is 4.98 Å². The van der Waals surface area contributed by atoms with E-state index in [1.807, 2.05) is 35.2 Å². The number of anilines is 1. The molecular weight excluding hydrogens is 466 g/mol. The van der Waals surface area contributed by atoms with Crippen molar-refractivity contribution in [1.82, 2.24) is 9.88 Å². The molecular formula is C23H30ClN3OS3. The van der Waals surface area contributed by atoms with Crippen LogP contribution in [0.25, 0.3) is 10.2 Å². The molecule has 2 aromatic carbocycles. The molecule has 1 heterocycles. The van der Waals surface area contributed by atoms with Crippen molar-refractivity contribution in [2.75, 3.05) is 43.1 Å². The summed E-state index contributed by atoms with van der Waals surface area (Å²) < 4.78 is 1.12. The Morgan fingerprint density at radius 1 is 1.00 bits per heavy atom. The van der Waals surface area contributed by atoms with Crippen LogP contribution in [0.15, 0.2) is 52.3 Å². The third-order valence-electron chi connectivity index (χ3n) is 5.01. The van der Waals surface area contributed by atoms with Gasteiger partial charge in [-0.05, 0) is 67.6 Å². The summed E-state index contributed by atoms with van der Waals surface area (Å²) in [5.74, 6) is 1.03. The van der Waals surface area contributed by atoms with Crippen LogP contribution in [0, 0.1) is 0 Å². The predicted molar refractivity (Wildman–Crippen MR) is 141 cm³/mol. The molecule has 0 atom stereocenters. The number of nitrogens with zero attached hydrogens (tertiary/aromatic N) is 3. The summed E-state index contributed by atoms with van der Waals surface area (Å²) in [7, 11) is 0. The molecule has 3 rings (SSSR count). The highest BCUT2D eigenvalue weighted by molar-refractivity contribution is 7.99. The number of fused-ring (bicyclic) bond motifs is 1. The maximum Gasteiger partial charge on any atom is 0.260 e. The standard InChI is InChI=1S/C23H29N3OS3.ClH/c1-5-25(6-2)14-15-26(22(27)17-8-10-18(11-9-17)29-7-3)23-24-20-13-12-19(28-4)16-21(20)30-23;/h8-13,16H,5-7,14-15H2,1-4H3;1H. The van der Waals surface area contributed by atoms with Crippen molar-refractivity contribution in [3.05, 3.63) is 48.0 Å². The van der Waals surface area contributed by atoms with Gasteiger partial charge in [-0.3, -0.25) is 9.69 Å². The molecule has 0 aliphatic carbocycles. The van der Waals surface area contributed by atoms with Crippen LogP contribution in [0.5, 0.6) is 0 Å². The van der Waals surface area contributed by atoms with Crippen molar-refractivity contribution in [2.24, 2.45) is 0 Å². The van der Waals surface area contributed by atoms with Gasteiger partial charge in [-0.15, -0.1) is 35.9 Å². The van der Waals surface area contributed by atoms with Gasteiger partial charge >= 0.3 is 0 Å². The second-order valence-electron chi connectivity index (χ2n) is 6.77. The summed E-state index contributed by atoms with van der Waals surface area (Å²) in [5, 5.41) is 0.771. The average molecular weight is 496 g/mol. The van der Waals surface area contributed by atoms with Crippen molar-refractivity contribution in [3.63, 3.8) is 0 Å². The van der Waals surface area contributed by atoms with E-state index in [0.29, 0.717) is 12.1 Å². The van der Waals surface area contributed by atoms with Crippen molar-refractivity contribution in [3.8, 4) is 0 Å². The van der Waals surface area contributed by atoms with Gasteiger partial charge in [0.1, 0.15) is 0 Å². The Balaban J connectivity index is 0.00000341. The van der Waals surface area contributed by atoms with E-state index >= 15 is 0 Å². The molecule has 0 fully saturated rings. The summed E-state index contributed by atoms with van der Waals surface area (Å²) in [5.41, 5.74) is 1.65. The van der Waals surface area contributed by atoms with Gasteiger partial charge in [0.2, 0.25) is 0 Å². The molecule has 8 heteroatoms. The molecule has 0 saturated heterocycles. The zero-order valence-corrected chi connectivity index (χ0v) is 21.7. The molecule has 0 bridgehead atoms. The van der Waals surface area contributed by atoms with E-state index in [-0.39, 0.29) is 18.3 Å². The molecule has 3 aromatic rings. The Labute approximate surface area is 204 Å². The number of hydrogen-bond donors (Lipinski definition) is 0. The minimum atomic E-state index is 0. The third kappa shape index (κ3) is 6.62. The average Bonchev–Trinajstić information content (AvgIpc) is 3.20. The number of rotatable bonds is 10. The van der Waals surface area contributed by atoms with Gasteiger partial charge in [-0.2, -0.15) is 0 Å². The molecule has 0 saturated carbocycles. The molecule has 168 valence electrons. The molecule has 0 aliphatic heterocycles. The number of benzene rings is 2. The van der Waals surface area contributed by atoms with Crippen LogP contribution >= 0.6 is 47.3 Å². The third-order valence-corrected chi connectivity index (χ3v) is 7.67. The van der Waals surface area contributed by atoms with Crippen LogP contribution in [0.4, 0.5) is 5.13 Å². The smallest absolute Gasteiger partial charge is 0.260 e. The second kappa shape index (κ2) is 12.7. The van der Waals surface area contributed by atoms with Crippen LogP contribution in [0.1, 0.15) is 31.1 Å². The van der Waals surface area contributed by atoms with Gasteiger partial charge in [-0.1, -0.05) is 32.1 Å². The fourth-order valence-corrected chi connectivity index (χ4v) is 5.42. The Kier molecular flexibility index (Phi) is 10.7. The summed E-state index contributed by atoms with van der Waals surface area (Å²) in [6.07, 6.45) is 2.07. The number of carbonyl (C=O) groups excluding carboxylic acids is 1. The quantitative estimate of drug-likeness (QED) is 0.298. The van der Waals surface area contributed by atoms with Crippen molar-refractivity contribution in [1.29, 1.82) is 0 Å². The number of amides is 1. The van der Waals surface area contributed by atoms with Gasteiger partial charge in [0, 0.05) is 28.4 Å². The van der Waals surface area contributed by atoms with Gasteiger partial charge in [0.25, 0.3) is 5.91 Å². The first-order chi connectivity index (χ1) is 14.6. The normalized spacial score (nSPS) is 11.0. The predicted octanol–water partition coefficient (Wildman–Crippen LogP) is 6.54. The lowest BCUT2D eigenvalue weighted by molar-refractivity contribution is 0.0983. The molecule has 1 aromatic heterocycles. The van der Waals surface area contributed by atoms with Crippen LogP contribution in [-0.4, -0.2) is 54.0 Å². The number of likely N-dealkylation sites (N-methyl/N-ethyl adjacent to an activating group) is 1. The van der Waals surface area contributed by atoms with E-state index in [1.165, 1.54) is 9.79 Å². The van der Waals surface area contributed by atoms with E-state index < -0.39 is 0 Å². The number of carbonyl (C=O) groups is 1. The molecule has 0 spiro atoms. The van der Waals surface area contributed by atoms with Gasteiger partial charge < -0.3 is 4.90 Å². The number of thiazole rings is 1. The lowest BCUT2D eigenvalue weighted by atomic mass is 10.2. The summed E-state index contributed by atoms with van der Waals surface area (Å²) >= 11 is 5.10. The van der Waals surface area contributed by atoms with Crippen LogP contribution in [-0.2, 0) is 0 Å². The highest BCUT2D eigenvalue weighted by Crippen LogP contribution is 2.32. The Bertz CT molecular complexity index is 974. The fraction of sp³-hybridized carbons (Fsp3) is 0.391. The topological polar surface area (TPSA) is 36.4 Å². The van der Waals surface area contributed by atoms with E-state index in [9.17, 15) is 4.79 Å². The number of hydrogen-bond acceptors (Lipinski definition) is 6. The SMILES string of the molecule is CCSc1ccc(C(=O)N(CCN(CC)CC)c2nc3ccc(SC)cc3s2)cc1.Cl. The maximum atomic E-state index is 13.5. The minimum absolute atomic E-state index is 0. The first-order valence-corrected chi connectivity index (χ1v) is 13.3. The van der Waals surface area contributed by atoms with Gasteiger partial charge in [0.05, 0.1) is 10.2 Å². The largest absolute Gasteiger partial charge is 0.302 e. The van der Waals surface area contributed by atoms with Crippen molar-refractivity contribution < 1.29 is 4.79 Å². The molecule has 4 nitrogen and oxygen atoms in total. The Hall–Kier alpha value is -1.25. The molecule has 0 unspecified atom stereocenters.